The van der Waals surface area contributed by atoms with Crippen molar-refractivity contribution in [2.24, 2.45) is 5.41 Å². The van der Waals surface area contributed by atoms with E-state index in [4.69, 9.17) is 0 Å². The third kappa shape index (κ3) is 1.00. The molecule has 2 aliphatic rings. The van der Waals surface area contributed by atoms with Gasteiger partial charge in [-0.25, -0.2) is 0 Å². The minimum Gasteiger partial charge on any atom is -0.0885 e. The van der Waals surface area contributed by atoms with Gasteiger partial charge in [0.1, 0.15) is 0 Å². The highest BCUT2D eigenvalue weighted by Gasteiger charge is 2.35. The molecule has 0 atom stereocenters. The van der Waals surface area contributed by atoms with Gasteiger partial charge in [-0.1, -0.05) is 18.6 Å². The molecule has 1 fully saturated rings. The summed E-state index contributed by atoms with van der Waals surface area (Å²) in [6.07, 6.45) is 14.9. The summed E-state index contributed by atoms with van der Waals surface area (Å²) in [4.78, 5) is 0. The normalized spacial score (nSPS) is 29.6. The van der Waals surface area contributed by atoms with Crippen molar-refractivity contribution in [2.45, 2.75) is 44.9 Å². The molecular weight excluding hydrogens is 120 g/mol. The summed E-state index contributed by atoms with van der Waals surface area (Å²) >= 11 is 0. The van der Waals surface area contributed by atoms with Crippen LogP contribution in [0.25, 0.3) is 0 Å². The Morgan fingerprint density at radius 2 is 1.40 bits per heavy atom. The van der Waals surface area contributed by atoms with Gasteiger partial charge >= 0.3 is 0 Å². The van der Waals surface area contributed by atoms with Crippen LogP contribution >= 0.6 is 0 Å². The molecular formula is C10H16. The molecule has 0 aromatic heterocycles. The molecule has 0 unspecified atom stereocenters. The SMILES string of the molecule is C1=CCCC2(CC1)CCC2. The highest BCUT2D eigenvalue weighted by molar-refractivity contribution is 4.96. The van der Waals surface area contributed by atoms with Gasteiger partial charge in [0.2, 0.25) is 0 Å². The lowest BCUT2D eigenvalue weighted by molar-refractivity contribution is 0.112. The second-order valence-corrected chi connectivity index (χ2v) is 3.90. The van der Waals surface area contributed by atoms with Crippen LogP contribution in [0.15, 0.2) is 12.2 Å². The molecule has 0 aromatic rings. The van der Waals surface area contributed by atoms with Gasteiger partial charge < -0.3 is 0 Å². The standard InChI is InChI=1S/C10H16/c1-2-4-7-10(6-3-1)8-5-9-10/h1-2H,3-9H2. The zero-order chi connectivity index (χ0) is 6.86. The summed E-state index contributed by atoms with van der Waals surface area (Å²) < 4.78 is 0. The molecule has 0 heteroatoms. The first-order chi connectivity index (χ1) is 4.91. The molecule has 1 saturated carbocycles. The van der Waals surface area contributed by atoms with E-state index in [0.717, 1.165) is 5.41 Å². The van der Waals surface area contributed by atoms with Crippen LogP contribution < -0.4 is 0 Å². The number of hydrogen-bond donors (Lipinski definition) is 0. The number of rotatable bonds is 0. The number of hydrogen-bond acceptors (Lipinski definition) is 0. The molecule has 0 aromatic carbocycles. The van der Waals surface area contributed by atoms with Crippen LogP contribution in [0.4, 0.5) is 0 Å². The monoisotopic (exact) mass is 136 g/mol. The van der Waals surface area contributed by atoms with Gasteiger partial charge in [-0.05, 0) is 43.9 Å². The van der Waals surface area contributed by atoms with Crippen LogP contribution in [0.2, 0.25) is 0 Å². The summed E-state index contributed by atoms with van der Waals surface area (Å²) in [5.41, 5.74) is 0.823. The van der Waals surface area contributed by atoms with Crippen LogP contribution in [0.3, 0.4) is 0 Å². The first-order valence-electron chi connectivity index (χ1n) is 4.56. The van der Waals surface area contributed by atoms with E-state index < -0.39 is 0 Å². The van der Waals surface area contributed by atoms with E-state index in [2.05, 4.69) is 12.2 Å². The van der Waals surface area contributed by atoms with Gasteiger partial charge in [0, 0.05) is 0 Å². The van der Waals surface area contributed by atoms with Crippen molar-refractivity contribution in [1.82, 2.24) is 0 Å². The van der Waals surface area contributed by atoms with Crippen LogP contribution in [0.1, 0.15) is 44.9 Å². The maximum Gasteiger partial charge on any atom is -0.0292 e. The van der Waals surface area contributed by atoms with Crippen LogP contribution in [0.5, 0.6) is 0 Å². The van der Waals surface area contributed by atoms with Gasteiger partial charge in [0.05, 0.1) is 0 Å². The van der Waals surface area contributed by atoms with Crippen molar-refractivity contribution in [3.8, 4) is 0 Å². The molecule has 0 radical (unpaired) electrons. The van der Waals surface area contributed by atoms with Gasteiger partial charge in [-0.15, -0.1) is 0 Å². The Bertz CT molecular complexity index is 128. The average Bonchev–Trinajstić information content (AvgIpc) is 2.08. The topological polar surface area (TPSA) is 0 Å². The third-order valence-corrected chi connectivity index (χ3v) is 3.26. The zero-order valence-corrected chi connectivity index (χ0v) is 6.60. The fraction of sp³-hybridized carbons (Fsp3) is 0.800. The third-order valence-electron chi connectivity index (χ3n) is 3.26. The largest absolute Gasteiger partial charge is 0.0885 e. The van der Waals surface area contributed by atoms with E-state index in [-0.39, 0.29) is 0 Å². The van der Waals surface area contributed by atoms with E-state index in [1.807, 2.05) is 0 Å². The van der Waals surface area contributed by atoms with Crippen molar-refractivity contribution in [3.63, 3.8) is 0 Å². The Balaban J connectivity index is 1.97. The Morgan fingerprint density at radius 1 is 0.800 bits per heavy atom. The zero-order valence-electron chi connectivity index (χ0n) is 6.60. The molecule has 10 heavy (non-hydrogen) atoms. The van der Waals surface area contributed by atoms with Crippen molar-refractivity contribution in [1.29, 1.82) is 0 Å². The van der Waals surface area contributed by atoms with Crippen molar-refractivity contribution >= 4 is 0 Å². The van der Waals surface area contributed by atoms with Crippen LogP contribution in [-0.2, 0) is 0 Å². The lowest BCUT2D eigenvalue weighted by atomic mass is 9.64. The molecule has 56 valence electrons. The molecule has 0 bridgehead atoms. The highest BCUT2D eigenvalue weighted by Crippen LogP contribution is 2.49. The molecule has 1 spiro atoms. The second-order valence-electron chi connectivity index (χ2n) is 3.90. The minimum absolute atomic E-state index is 0.823. The van der Waals surface area contributed by atoms with Crippen molar-refractivity contribution < 1.29 is 0 Å². The molecule has 2 aliphatic carbocycles. The van der Waals surface area contributed by atoms with E-state index in [9.17, 15) is 0 Å². The van der Waals surface area contributed by atoms with Gasteiger partial charge in [0.15, 0.2) is 0 Å². The Morgan fingerprint density at radius 3 is 1.80 bits per heavy atom. The fourth-order valence-electron chi connectivity index (χ4n) is 2.32. The fourth-order valence-corrected chi connectivity index (χ4v) is 2.32. The lowest BCUT2D eigenvalue weighted by Crippen LogP contribution is -2.28. The predicted molar refractivity (Wildman–Crippen MR) is 43.9 cm³/mol. The summed E-state index contributed by atoms with van der Waals surface area (Å²) in [7, 11) is 0. The molecule has 2 rings (SSSR count). The van der Waals surface area contributed by atoms with Crippen LogP contribution in [-0.4, -0.2) is 0 Å². The molecule has 0 N–H and O–H groups in total. The van der Waals surface area contributed by atoms with Crippen LogP contribution in [0, 0.1) is 5.41 Å². The van der Waals surface area contributed by atoms with Crippen molar-refractivity contribution in [2.75, 3.05) is 0 Å². The second kappa shape index (κ2) is 2.41. The molecule has 0 amide bonds. The predicted octanol–water partition coefficient (Wildman–Crippen LogP) is 3.29. The van der Waals surface area contributed by atoms with Crippen molar-refractivity contribution in [3.05, 3.63) is 12.2 Å². The van der Waals surface area contributed by atoms with Gasteiger partial charge in [0.25, 0.3) is 0 Å². The van der Waals surface area contributed by atoms with E-state index in [1.54, 1.807) is 0 Å². The Kier molecular flexibility index (Phi) is 1.55. The quantitative estimate of drug-likeness (QED) is 0.448. The first kappa shape index (κ1) is 6.45. The van der Waals surface area contributed by atoms with Gasteiger partial charge in [-0.3, -0.25) is 0 Å². The Hall–Kier alpha value is -0.260. The maximum absolute atomic E-state index is 2.37. The lowest BCUT2D eigenvalue weighted by Gasteiger charge is -2.41. The van der Waals surface area contributed by atoms with E-state index in [0.29, 0.717) is 0 Å². The summed E-state index contributed by atoms with van der Waals surface area (Å²) in [5.74, 6) is 0. The van der Waals surface area contributed by atoms with E-state index >= 15 is 0 Å². The molecule has 0 heterocycles. The molecule has 0 nitrogen and oxygen atoms in total. The highest BCUT2D eigenvalue weighted by atomic mass is 14.4. The smallest absolute Gasteiger partial charge is 0.0292 e. The molecule has 0 saturated heterocycles. The molecule has 0 aliphatic heterocycles. The summed E-state index contributed by atoms with van der Waals surface area (Å²) in [6, 6.07) is 0. The number of allylic oxidation sites excluding steroid dienone is 2. The first-order valence-corrected chi connectivity index (χ1v) is 4.56. The minimum atomic E-state index is 0.823. The summed E-state index contributed by atoms with van der Waals surface area (Å²) in [6.45, 7) is 0. The maximum atomic E-state index is 2.37. The summed E-state index contributed by atoms with van der Waals surface area (Å²) in [5, 5.41) is 0. The Labute approximate surface area is 63.3 Å². The van der Waals surface area contributed by atoms with Gasteiger partial charge in [-0.2, -0.15) is 0 Å². The van der Waals surface area contributed by atoms with E-state index in [1.165, 1.54) is 44.9 Å². The average molecular weight is 136 g/mol.